The van der Waals surface area contributed by atoms with E-state index in [1.165, 1.54) is 5.38 Å². The number of esters is 1. The van der Waals surface area contributed by atoms with E-state index in [0.29, 0.717) is 12.2 Å². The first-order chi connectivity index (χ1) is 8.38. The van der Waals surface area contributed by atoms with Gasteiger partial charge in [0.15, 0.2) is 0 Å². The van der Waals surface area contributed by atoms with Crippen LogP contribution in [-0.4, -0.2) is 21.0 Å². The SMILES string of the molecule is CCCCCOC(=O)c1csc(S(N)(=O)=O)c1C. The molecule has 0 saturated carbocycles. The molecule has 1 aromatic heterocycles. The molecule has 0 saturated heterocycles. The minimum absolute atomic E-state index is 0.0167. The molecular formula is C11H17NO4S2. The summed E-state index contributed by atoms with van der Waals surface area (Å²) in [4.78, 5) is 11.7. The van der Waals surface area contributed by atoms with Crippen molar-refractivity contribution >= 4 is 27.3 Å². The summed E-state index contributed by atoms with van der Waals surface area (Å²) < 4.78 is 27.5. The quantitative estimate of drug-likeness (QED) is 0.642. The zero-order valence-electron chi connectivity index (χ0n) is 10.4. The highest BCUT2D eigenvalue weighted by Crippen LogP contribution is 2.26. The van der Waals surface area contributed by atoms with Crippen LogP contribution in [0, 0.1) is 6.92 Å². The van der Waals surface area contributed by atoms with Gasteiger partial charge in [0, 0.05) is 5.38 Å². The van der Waals surface area contributed by atoms with Gasteiger partial charge in [-0.1, -0.05) is 19.8 Å². The predicted octanol–water partition coefficient (Wildman–Crippen LogP) is 2.05. The minimum Gasteiger partial charge on any atom is -0.462 e. The van der Waals surface area contributed by atoms with Crippen molar-refractivity contribution in [3.8, 4) is 0 Å². The van der Waals surface area contributed by atoms with E-state index >= 15 is 0 Å². The molecule has 1 rings (SSSR count). The van der Waals surface area contributed by atoms with Crippen LogP contribution in [0.4, 0.5) is 0 Å². The predicted molar refractivity (Wildman–Crippen MR) is 70.2 cm³/mol. The molecule has 0 fully saturated rings. The van der Waals surface area contributed by atoms with Crippen LogP contribution in [0.3, 0.4) is 0 Å². The lowest BCUT2D eigenvalue weighted by atomic mass is 10.2. The Labute approximate surface area is 111 Å². The molecular weight excluding hydrogens is 274 g/mol. The number of unbranched alkanes of at least 4 members (excludes halogenated alkanes) is 2. The maximum absolute atomic E-state index is 11.7. The number of primary sulfonamides is 1. The Morgan fingerprint density at radius 3 is 2.61 bits per heavy atom. The molecule has 18 heavy (non-hydrogen) atoms. The molecule has 5 nitrogen and oxygen atoms in total. The molecule has 102 valence electrons. The second-order valence-corrected chi connectivity index (χ2v) is 6.59. The maximum Gasteiger partial charge on any atom is 0.339 e. The zero-order valence-corrected chi connectivity index (χ0v) is 12.1. The van der Waals surface area contributed by atoms with Crippen molar-refractivity contribution < 1.29 is 17.9 Å². The van der Waals surface area contributed by atoms with Gasteiger partial charge < -0.3 is 4.74 Å². The van der Waals surface area contributed by atoms with E-state index in [1.54, 1.807) is 6.92 Å². The molecule has 0 radical (unpaired) electrons. The van der Waals surface area contributed by atoms with Gasteiger partial charge in [-0.05, 0) is 18.9 Å². The smallest absolute Gasteiger partial charge is 0.339 e. The molecule has 0 amide bonds. The van der Waals surface area contributed by atoms with Crippen LogP contribution in [0.1, 0.15) is 42.1 Å². The summed E-state index contributed by atoms with van der Waals surface area (Å²) in [6.45, 7) is 3.97. The number of ether oxygens (including phenoxy) is 1. The molecule has 7 heteroatoms. The molecule has 0 atom stereocenters. The lowest BCUT2D eigenvalue weighted by Gasteiger charge is -2.04. The Morgan fingerprint density at radius 1 is 1.44 bits per heavy atom. The Bertz CT molecular complexity index is 519. The van der Waals surface area contributed by atoms with E-state index in [4.69, 9.17) is 9.88 Å². The number of carbonyl (C=O) groups is 1. The molecule has 2 N–H and O–H groups in total. The molecule has 0 aliphatic heterocycles. The average molecular weight is 291 g/mol. The van der Waals surface area contributed by atoms with E-state index in [-0.39, 0.29) is 9.77 Å². The fraction of sp³-hybridized carbons (Fsp3) is 0.545. The summed E-state index contributed by atoms with van der Waals surface area (Å²) in [5.74, 6) is -0.491. The fourth-order valence-electron chi connectivity index (χ4n) is 1.48. The lowest BCUT2D eigenvalue weighted by molar-refractivity contribution is 0.0498. The number of sulfonamides is 1. The average Bonchev–Trinajstić information content (AvgIpc) is 2.66. The van der Waals surface area contributed by atoms with Crippen LogP contribution >= 0.6 is 11.3 Å². The topological polar surface area (TPSA) is 86.5 Å². The van der Waals surface area contributed by atoms with Crippen LogP contribution in [-0.2, 0) is 14.8 Å². The first-order valence-electron chi connectivity index (χ1n) is 5.66. The molecule has 0 aliphatic rings. The van der Waals surface area contributed by atoms with Gasteiger partial charge in [-0.3, -0.25) is 0 Å². The van der Waals surface area contributed by atoms with Crippen LogP contribution in [0.15, 0.2) is 9.59 Å². The monoisotopic (exact) mass is 291 g/mol. The van der Waals surface area contributed by atoms with E-state index in [0.717, 1.165) is 30.6 Å². The highest BCUT2D eigenvalue weighted by atomic mass is 32.2. The van der Waals surface area contributed by atoms with Crippen molar-refractivity contribution in [3.05, 3.63) is 16.5 Å². The van der Waals surface area contributed by atoms with Gasteiger partial charge >= 0.3 is 5.97 Å². The van der Waals surface area contributed by atoms with E-state index in [9.17, 15) is 13.2 Å². The summed E-state index contributed by atoms with van der Waals surface area (Å²) in [5, 5.41) is 6.51. The Kier molecular flexibility index (Phi) is 5.30. The standard InChI is InChI=1S/C11H17NO4S2/c1-3-4-5-6-16-10(13)9-7-17-11(8(9)2)18(12,14)15/h7H,3-6H2,1-2H3,(H2,12,14,15). The van der Waals surface area contributed by atoms with Gasteiger partial charge in [-0.25, -0.2) is 18.4 Å². The zero-order chi connectivity index (χ0) is 13.8. The first-order valence-corrected chi connectivity index (χ1v) is 8.08. The summed E-state index contributed by atoms with van der Waals surface area (Å²) in [6, 6.07) is 0. The number of carbonyl (C=O) groups excluding carboxylic acids is 1. The van der Waals surface area contributed by atoms with Crippen molar-refractivity contribution in [2.24, 2.45) is 5.14 Å². The number of nitrogens with two attached hydrogens (primary N) is 1. The van der Waals surface area contributed by atoms with Crippen molar-refractivity contribution in [1.29, 1.82) is 0 Å². The van der Waals surface area contributed by atoms with Crippen molar-refractivity contribution in [3.63, 3.8) is 0 Å². The molecule has 0 bridgehead atoms. The Balaban J connectivity index is 2.73. The molecule has 0 aliphatic carbocycles. The number of rotatable bonds is 6. The van der Waals surface area contributed by atoms with Crippen LogP contribution in [0.2, 0.25) is 0 Å². The summed E-state index contributed by atoms with van der Waals surface area (Å²) >= 11 is 0.941. The lowest BCUT2D eigenvalue weighted by Crippen LogP contribution is -2.13. The van der Waals surface area contributed by atoms with Crippen LogP contribution < -0.4 is 5.14 Å². The maximum atomic E-state index is 11.7. The molecule has 0 spiro atoms. The highest BCUT2D eigenvalue weighted by Gasteiger charge is 2.21. The van der Waals surface area contributed by atoms with Gasteiger partial charge in [0.1, 0.15) is 4.21 Å². The summed E-state index contributed by atoms with van der Waals surface area (Å²) in [6.07, 6.45) is 2.86. The minimum atomic E-state index is -3.76. The number of hydrogen-bond acceptors (Lipinski definition) is 5. The van der Waals surface area contributed by atoms with Gasteiger partial charge in [-0.2, -0.15) is 0 Å². The second kappa shape index (κ2) is 6.31. The van der Waals surface area contributed by atoms with Gasteiger partial charge in [0.25, 0.3) is 0 Å². The second-order valence-electron chi connectivity index (χ2n) is 3.95. The van der Waals surface area contributed by atoms with E-state index < -0.39 is 16.0 Å². The molecule has 0 unspecified atom stereocenters. The Hall–Kier alpha value is -0.920. The molecule has 0 aromatic carbocycles. The third-order valence-electron chi connectivity index (χ3n) is 2.45. The molecule has 1 aromatic rings. The van der Waals surface area contributed by atoms with Crippen LogP contribution in [0.5, 0.6) is 0 Å². The van der Waals surface area contributed by atoms with Crippen LogP contribution in [0.25, 0.3) is 0 Å². The summed E-state index contributed by atoms with van der Waals surface area (Å²) in [7, 11) is -3.76. The van der Waals surface area contributed by atoms with Crippen molar-refractivity contribution in [2.75, 3.05) is 6.61 Å². The van der Waals surface area contributed by atoms with E-state index in [1.807, 2.05) is 0 Å². The fourth-order valence-corrected chi connectivity index (χ4v) is 3.48. The normalized spacial score (nSPS) is 11.5. The first kappa shape index (κ1) is 15.1. The van der Waals surface area contributed by atoms with Gasteiger partial charge in [0.2, 0.25) is 10.0 Å². The van der Waals surface area contributed by atoms with Crippen molar-refractivity contribution in [2.45, 2.75) is 37.3 Å². The largest absolute Gasteiger partial charge is 0.462 e. The molecule has 1 heterocycles. The third kappa shape index (κ3) is 3.79. The van der Waals surface area contributed by atoms with Crippen molar-refractivity contribution in [1.82, 2.24) is 0 Å². The highest BCUT2D eigenvalue weighted by molar-refractivity contribution is 7.91. The van der Waals surface area contributed by atoms with E-state index in [2.05, 4.69) is 6.92 Å². The summed E-state index contributed by atoms with van der Waals surface area (Å²) in [5.41, 5.74) is 0.642. The third-order valence-corrected chi connectivity index (χ3v) is 5.14. The Morgan fingerprint density at radius 2 is 2.11 bits per heavy atom. The van der Waals surface area contributed by atoms with Gasteiger partial charge in [-0.15, -0.1) is 11.3 Å². The van der Waals surface area contributed by atoms with Gasteiger partial charge in [0.05, 0.1) is 12.2 Å². The number of thiophene rings is 1. The number of hydrogen-bond donors (Lipinski definition) is 1.